The Kier molecular flexibility index (Phi) is 5.91. The lowest BCUT2D eigenvalue weighted by Gasteiger charge is -2.44. The van der Waals surface area contributed by atoms with Crippen molar-refractivity contribution in [1.29, 1.82) is 0 Å². The molecule has 6 heteroatoms. The van der Waals surface area contributed by atoms with Gasteiger partial charge in [-0.15, -0.1) is 0 Å². The molecule has 3 heterocycles. The van der Waals surface area contributed by atoms with E-state index in [9.17, 15) is 9.59 Å². The number of hydrogen-bond donors (Lipinski definition) is 1. The van der Waals surface area contributed by atoms with Crippen LogP contribution in [0.15, 0.2) is 10.9 Å². The summed E-state index contributed by atoms with van der Waals surface area (Å²) in [5.41, 5.74) is 1.93. The number of aromatic nitrogens is 2. The van der Waals surface area contributed by atoms with Gasteiger partial charge in [-0.3, -0.25) is 9.59 Å². The predicted molar refractivity (Wildman–Crippen MR) is 105 cm³/mol. The number of aryl methyl sites for hydroxylation is 2. The lowest BCUT2D eigenvalue weighted by atomic mass is 9.83. The number of amides is 1. The van der Waals surface area contributed by atoms with Crippen LogP contribution in [0.25, 0.3) is 0 Å². The van der Waals surface area contributed by atoms with E-state index in [-0.39, 0.29) is 18.0 Å². The first-order chi connectivity index (χ1) is 13.2. The van der Waals surface area contributed by atoms with Crippen molar-refractivity contribution in [3.05, 3.63) is 27.7 Å². The highest BCUT2D eigenvalue weighted by atomic mass is 16.2. The fourth-order valence-corrected chi connectivity index (χ4v) is 5.14. The average Bonchev–Trinajstić information content (AvgIpc) is 2.91. The Morgan fingerprint density at radius 2 is 1.93 bits per heavy atom. The highest BCUT2D eigenvalue weighted by molar-refractivity contribution is 5.75. The second-order valence-corrected chi connectivity index (χ2v) is 8.48. The molecule has 0 saturated carbocycles. The van der Waals surface area contributed by atoms with E-state index in [0.29, 0.717) is 12.0 Å². The zero-order chi connectivity index (χ0) is 18.6. The van der Waals surface area contributed by atoms with Gasteiger partial charge < -0.3 is 10.2 Å². The van der Waals surface area contributed by atoms with Gasteiger partial charge in [-0.2, -0.15) is 5.10 Å². The van der Waals surface area contributed by atoms with E-state index < -0.39 is 0 Å². The topological polar surface area (TPSA) is 67.2 Å². The van der Waals surface area contributed by atoms with Gasteiger partial charge in [-0.25, -0.2) is 4.68 Å². The Labute approximate surface area is 161 Å². The Morgan fingerprint density at radius 1 is 1.07 bits per heavy atom. The van der Waals surface area contributed by atoms with Gasteiger partial charge in [0.15, 0.2) is 0 Å². The summed E-state index contributed by atoms with van der Waals surface area (Å²) in [5, 5.41) is 7.60. The molecule has 0 unspecified atom stereocenters. The number of nitrogens with one attached hydrogen (secondary N) is 1. The van der Waals surface area contributed by atoms with E-state index in [4.69, 9.17) is 0 Å². The second kappa shape index (κ2) is 8.55. The maximum Gasteiger partial charge on any atom is 0.267 e. The minimum Gasteiger partial charge on any atom is -0.354 e. The second-order valence-electron chi connectivity index (χ2n) is 8.48. The van der Waals surface area contributed by atoms with E-state index in [1.165, 1.54) is 56.3 Å². The smallest absolute Gasteiger partial charge is 0.267 e. The van der Waals surface area contributed by atoms with Gasteiger partial charge in [-0.05, 0) is 75.9 Å². The van der Waals surface area contributed by atoms with Gasteiger partial charge in [0.25, 0.3) is 5.56 Å². The van der Waals surface area contributed by atoms with E-state index in [2.05, 4.69) is 15.3 Å². The standard InChI is InChI=1S/C21H32N4O2/c26-20(22-14-17-8-6-12-24-11-5-4-10-19(17)24)15-25-21(27)13-16-7-2-1-3-9-18(16)23-25/h13,17,19H,1-12,14-15H2,(H,22,26)/t17-,19-/m1/s1. The predicted octanol–water partition coefficient (Wildman–Crippen LogP) is 1.89. The van der Waals surface area contributed by atoms with Gasteiger partial charge in [0.05, 0.1) is 5.69 Å². The zero-order valence-electron chi connectivity index (χ0n) is 16.3. The molecule has 6 nitrogen and oxygen atoms in total. The Balaban J connectivity index is 1.35. The van der Waals surface area contributed by atoms with Crippen LogP contribution in [0.2, 0.25) is 0 Å². The summed E-state index contributed by atoms with van der Waals surface area (Å²) >= 11 is 0. The fourth-order valence-electron chi connectivity index (χ4n) is 5.14. The number of rotatable bonds is 4. The maximum absolute atomic E-state index is 12.5. The summed E-state index contributed by atoms with van der Waals surface area (Å²) in [7, 11) is 0. The van der Waals surface area contributed by atoms with Crippen molar-refractivity contribution in [1.82, 2.24) is 20.0 Å². The molecule has 148 valence electrons. The molecule has 2 fully saturated rings. The Bertz CT molecular complexity index is 727. The summed E-state index contributed by atoms with van der Waals surface area (Å²) in [4.78, 5) is 27.4. The normalized spacial score (nSPS) is 25.9. The summed E-state index contributed by atoms with van der Waals surface area (Å²) in [6.07, 6.45) is 11.6. The van der Waals surface area contributed by atoms with Gasteiger partial charge >= 0.3 is 0 Å². The van der Waals surface area contributed by atoms with Crippen LogP contribution in [0, 0.1) is 5.92 Å². The number of piperidine rings is 2. The van der Waals surface area contributed by atoms with Crippen LogP contribution in [0.1, 0.15) is 62.6 Å². The molecule has 0 bridgehead atoms. The first-order valence-corrected chi connectivity index (χ1v) is 10.8. The van der Waals surface area contributed by atoms with E-state index in [1.54, 1.807) is 6.07 Å². The minimum atomic E-state index is -0.151. The average molecular weight is 373 g/mol. The molecular weight excluding hydrogens is 340 g/mol. The monoisotopic (exact) mass is 372 g/mol. The molecule has 2 atom stereocenters. The Morgan fingerprint density at radius 3 is 2.85 bits per heavy atom. The van der Waals surface area contributed by atoms with Crippen LogP contribution >= 0.6 is 0 Å². The molecule has 2 aliphatic heterocycles. The molecule has 3 aliphatic rings. The van der Waals surface area contributed by atoms with E-state index in [1.807, 2.05) is 0 Å². The summed E-state index contributed by atoms with van der Waals surface area (Å²) in [6.45, 7) is 3.18. The van der Waals surface area contributed by atoms with E-state index in [0.717, 1.165) is 43.5 Å². The number of nitrogens with zero attached hydrogens (tertiary/aromatic N) is 3. The molecule has 1 aromatic heterocycles. The number of fused-ring (bicyclic) bond motifs is 2. The van der Waals surface area contributed by atoms with Gasteiger partial charge in [0.2, 0.25) is 5.91 Å². The molecular formula is C21H32N4O2. The lowest BCUT2D eigenvalue weighted by molar-refractivity contribution is -0.122. The highest BCUT2D eigenvalue weighted by Crippen LogP contribution is 2.30. The van der Waals surface area contributed by atoms with Crippen molar-refractivity contribution in [2.75, 3.05) is 19.6 Å². The van der Waals surface area contributed by atoms with E-state index >= 15 is 0 Å². The van der Waals surface area contributed by atoms with Crippen LogP contribution in [0.5, 0.6) is 0 Å². The largest absolute Gasteiger partial charge is 0.354 e. The number of carbonyl (C=O) groups excluding carboxylic acids is 1. The summed E-state index contributed by atoms with van der Waals surface area (Å²) in [5.74, 6) is 0.450. The van der Waals surface area contributed by atoms with Crippen LogP contribution in [0.4, 0.5) is 0 Å². The van der Waals surface area contributed by atoms with Crippen molar-refractivity contribution in [3.8, 4) is 0 Å². The third-order valence-electron chi connectivity index (χ3n) is 6.61. The highest BCUT2D eigenvalue weighted by Gasteiger charge is 2.32. The molecule has 0 spiro atoms. The SMILES string of the molecule is O=C(Cn1nc2c(cc1=O)CCCCC2)NC[C@H]1CCCN2CCCC[C@H]12. The third kappa shape index (κ3) is 4.42. The van der Waals surface area contributed by atoms with Crippen LogP contribution in [-0.4, -0.2) is 46.3 Å². The van der Waals surface area contributed by atoms with Crippen molar-refractivity contribution in [2.45, 2.75) is 76.8 Å². The quantitative estimate of drug-likeness (QED) is 0.820. The van der Waals surface area contributed by atoms with Gasteiger partial charge in [-0.1, -0.05) is 12.8 Å². The lowest BCUT2D eigenvalue weighted by Crippen LogP contribution is -2.51. The molecule has 1 aromatic rings. The molecule has 1 N–H and O–H groups in total. The number of carbonyl (C=O) groups is 1. The van der Waals surface area contributed by atoms with Crippen molar-refractivity contribution >= 4 is 5.91 Å². The first kappa shape index (κ1) is 18.7. The van der Waals surface area contributed by atoms with Crippen molar-refractivity contribution in [3.63, 3.8) is 0 Å². The molecule has 1 aliphatic carbocycles. The van der Waals surface area contributed by atoms with Gasteiger partial charge in [0.1, 0.15) is 6.54 Å². The number of hydrogen-bond acceptors (Lipinski definition) is 4. The van der Waals surface area contributed by atoms with Crippen molar-refractivity contribution in [2.24, 2.45) is 5.92 Å². The molecule has 0 radical (unpaired) electrons. The minimum absolute atomic E-state index is 0.0349. The zero-order valence-corrected chi connectivity index (χ0v) is 16.3. The molecule has 4 rings (SSSR count). The molecule has 2 saturated heterocycles. The fraction of sp³-hybridized carbons (Fsp3) is 0.762. The molecule has 1 amide bonds. The molecule has 27 heavy (non-hydrogen) atoms. The van der Waals surface area contributed by atoms with Crippen LogP contribution in [0.3, 0.4) is 0 Å². The third-order valence-corrected chi connectivity index (χ3v) is 6.61. The summed E-state index contributed by atoms with van der Waals surface area (Å²) in [6, 6.07) is 2.32. The maximum atomic E-state index is 12.5. The van der Waals surface area contributed by atoms with Gasteiger partial charge in [0, 0.05) is 18.7 Å². The first-order valence-electron chi connectivity index (χ1n) is 10.8. The van der Waals surface area contributed by atoms with Crippen LogP contribution in [-0.2, 0) is 24.2 Å². The van der Waals surface area contributed by atoms with Crippen LogP contribution < -0.4 is 10.9 Å². The van der Waals surface area contributed by atoms with Crippen molar-refractivity contribution < 1.29 is 4.79 Å². The molecule has 0 aromatic carbocycles. The Hall–Kier alpha value is -1.69. The summed E-state index contributed by atoms with van der Waals surface area (Å²) < 4.78 is 1.35.